The number of aromatic nitrogens is 5. The Labute approximate surface area is 199 Å². The summed E-state index contributed by atoms with van der Waals surface area (Å²) in [4.78, 5) is 44.9. The summed E-state index contributed by atoms with van der Waals surface area (Å²) in [6.07, 6.45) is 1.83. The lowest BCUT2D eigenvalue weighted by Gasteiger charge is -2.14. The smallest absolute Gasteiger partial charge is 0.333 e. The lowest BCUT2D eigenvalue weighted by molar-refractivity contribution is -0.141. The number of carbonyl (C=O) groups is 1. The quantitative estimate of drug-likeness (QED) is 0.363. The van der Waals surface area contributed by atoms with Crippen molar-refractivity contribution in [3.8, 4) is 16.9 Å². The zero-order valence-corrected chi connectivity index (χ0v) is 19.8. The Kier molecular flexibility index (Phi) is 5.28. The van der Waals surface area contributed by atoms with Gasteiger partial charge in [0.2, 0.25) is 5.78 Å². The number of benzene rings is 2. The zero-order chi connectivity index (χ0) is 24.9. The highest BCUT2D eigenvalue weighted by molar-refractivity contribution is 5.80. The van der Waals surface area contributed by atoms with Gasteiger partial charge < -0.3 is 9.64 Å². The summed E-state index contributed by atoms with van der Waals surface area (Å²) in [5, 5.41) is 0. The maximum Gasteiger partial charge on any atom is 0.333 e. The van der Waals surface area contributed by atoms with Crippen LogP contribution in [0.4, 0.5) is 5.69 Å². The van der Waals surface area contributed by atoms with Crippen LogP contribution < -0.4 is 16.1 Å². The normalized spacial score (nSPS) is 11.3. The van der Waals surface area contributed by atoms with Crippen molar-refractivity contribution in [2.24, 2.45) is 7.05 Å². The maximum atomic E-state index is 13.4. The van der Waals surface area contributed by atoms with Crippen molar-refractivity contribution in [3.05, 3.63) is 81.6 Å². The molecule has 0 fully saturated rings. The van der Waals surface area contributed by atoms with Crippen LogP contribution in [0.3, 0.4) is 0 Å². The Morgan fingerprint density at radius 3 is 2.34 bits per heavy atom. The lowest BCUT2D eigenvalue weighted by atomic mass is 10.1. The maximum absolute atomic E-state index is 13.4. The Morgan fingerprint density at radius 2 is 1.71 bits per heavy atom. The molecule has 35 heavy (non-hydrogen) atoms. The number of nitrogens with zero attached hydrogens (tertiary/aromatic N) is 6. The van der Waals surface area contributed by atoms with Crippen LogP contribution >= 0.6 is 0 Å². The molecule has 5 aromatic rings. The molecule has 0 atom stereocenters. The van der Waals surface area contributed by atoms with Gasteiger partial charge in [0.25, 0.3) is 5.56 Å². The third-order valence-corrected chi connectivity index (χ3v) is 6.06. The van der Waals surface area contributed by atoms with E-state index in [1.807, 2.05) is 84.4 Å². The number of methoxy groups -OCH3 is 1. The minimum Gasteiger partial charge on any atom is -0.468 e. The summed E-state index contributed by atoms with van der Waals surface area (Å²) >= 11 is 0. The molecule has 0 amide bonds. The summed E-state index contributed by atoms with van der Waals surface area (Å²) in [7, 11) is 6.68. The first-order valence-corrected chi connectivity index (χ1v) is 10.9. The average molecular weight is 473 g/mol. The number of carbonyl (C=O) groups excluding carboxylic acids is 1. The summed E-state index contributed by atoms with van der Waals surface area (Å²) in [5.41, 5.74) is 2.82. The van der Waals surface area contributed by atoms with Gasteiger partial charge in [-0.1, -0.05) is 30.3 Å². The molecule has 0 saturated carbocycles. The predicted molar refractivity (Wildman–Crippen MR) is 133 cm³/mol. The van der Waals surface area contributed by atoms with Gasteiger partial charge in [-0.2, -0.15) is 4.98 Å². The number of fused-ring (bicyclic) bond motifs is 3. The second-order valence-electron chi connectivity index (χ2n) is 8.39. The monoisotopic (exact) mass is 472 g/mol. The molecule has 178 valence electrons. The molecule has 0 aliphatic carbocycles. The summed E-state index contributed by atoms with van der Waals surface area (Å²) < 4.78 is 10.4. The fraction of sp³-hybridized carbons (Fsp3) is 0.200. The van der Waals surface area contributed by atoms with Gasteiger partial charge in [0, 0.05) is 44.3 Å². The molecule has 10 nitrogen and oxygen atoms in total. The highest BCUT2D eigenvalue weighted by Crippen LogP contribution is 2.29. The summed E-state index contributed by atoms with van der Waals surface area (Å²) in [6.45, 7) is -0.483. The van der Waals surface area contributed by atoms with Gasteiger partial charge in [0.15, 0.2) is 11.2 Å². The molecule has 0 saturated heterocycles. The second-order valence-corrected chi connectivity index (χ2v) is 8.39. The number of hydrogen-bond donors (Lipinski definition) is 0. The molecular weight excluding hydrogens is 448 g/mol. The minimum absolute atomic E-state index is 0.201. The Hall–Kier alpha value is -4.60. The average Bonchev–Trinajstić information content (AvgIpc) is 3.42. The van der Waals surface area contributed by atoms with Crippen molar-refractivity contribution in [1.82, 2.24) is 23.1 Å². The molecule has 0 radical (unpaired) electrons. The number of esters is 1. The van der Waals surface area contributed by atoms with Crippen LogP contribution in [0, 0.1) is 0 Å². The topological polar surface area (TPSA) is 95.8 Å². The van der Waals surface area contributed by atoms with Crippen LogP contribution in [0.15, 0.2) is 70.4 Å². The SMILES string of the molecule is COC(=O)Cn1c(=O)c2c(nc3n(-c4ccc(N(C)C)cc4)c(-c4ccccc4)cn23)n(C)c1=O. The van der Waals surface area contributed by atoms with Gasteiger partial charge in [-0.3, -0.25) is 23.1 Å². The molecular formula is C25H24N6O4. The molecule has 0 unspecified atom stereocenters. The standard InChI is InChI=1S/C25H24N6O4/c1-27(2)17-10-12-18(13-11-17)31-19(16-8-6-5-7-9-16)14-29-21-22(26-24(29)31)28(3)25(34)30(23(21)33)15-20(32)35-4/h5-14H,15H2,1-4H3. The molecule has 0 N–H and O–H groups in total. The van der Waals surface area contributed by atoms with Crippen molar-refractivity contribution in [1.29, 1.82) is 0 Å². The highest BCUT2D eigenvalue weighted by atomic mass is 16.5. The fourth-order valence-corrected chi connectivity index (χ4v) is 4.20. The third kappa shape index (κ3) is 3.50. The van der Waals surface area contributed by atoms with Crippen molar-refractivity contribution in [3.63, 3.8) is 0 Å². The van der Waals surface area contributed by atoms with Crippen LogP contribution in [0.2, 0.25) is 0 Å². The zero-order valence-electron chi connectivity index (χ0n) is 19.8. The van der Waals surface area contributed by atoms with Crippen LogP contribution in [-0.2, 0) is 23.1 Å². The number of rotatable bonds is 5. The van der Waals surface area contributed by atoms with E-state index in [1.165, 1.54) is 18.7 Å². The molecule has 0 spiro atoms. The van der Waals surface area contributed by atoms with E-state index >= 15 is 0 Å². The molecule has 5 rings (SSSR count). The number of imidazole rings is 2. The van der Waals surface area contributed by atoms with Crippen LogP contribution in [0.25, 0.3) is 33.9 Å². The molecule has 2 aromatic carbocycles. The van der Waals surface area contributed by atoms with Crippen LogP contribution in [0.1, 0.15) is 0 Å². The highest BCUT2D eigenvalue weighted by Gasteiger charge is 2.23. The largest absolute Gasteiger partial charge is 0.468 e. The first kappa shape index (κ1) is 22.2. The van der Waals surface area contributed by atoms with Crippen molar-refractivity contribution >= 4 is 28.6 Å². The number of hydrogen-bond acceptors (Lipinski definition) is 6. The van der Waals surface area contributed by atoms with Gasteiger partial charge >= 0.3 is 11.7 Å². The lowest BCUT2D eigenvalue weighted by Crippen LogP contribution is -2.41. The Morgan fingerprint density at radius 1 is 1.03 bits per heavy atom. The van der Waals surface area contributed by atoms with Crippen molar-refractivity contribution in [2.75, 3.05) is 26.1 Å². The number of ether oxygens (including phenoxy) is 1. The van der Waals surface area contributed by atoms with E-state index in [0.717, 1.165) is 27.2 Å². The second kappa shape index (κ2) is 8.32. The predicted octanol–water partition coefficient (Wildman–Crippen LogP) is 2.04. The molecule has 0 aliphatic rings. The van der Waals surface area contributed by atoms with E-state index in [2.05, 4.69) is 4.74 Å². The van der Waals surface area contributed by atoms with E-state index in [1.54, 1.807) is 4.40 Å². The van der Waals surface area contributed by atoms with E-state index in [4.69, 9.17) is 4.98 Å². The van der Waals surface area contributed by atoms with E-state index in [9.17, 15) is 14.4 Å². The molecule has 0 bridgehead atoms. The van der Waals surface area contributed by atoms with Crippen molar-refractivity contribution < 1.29 is 9.53 Å². The summed E-state index contributed by atoms with van der Waals surface area (Å²) in [5.74, 6) is -0.216. The van der Waals surface area contributed by atoms with Crippen molar-refractivity contribution in [2.45, 2.75) is 6.54 Å². The molecule has 0 aliphatic heterocycles. The summed E-state index contributed by atoms with van der Waals surface area (Å²) in [6, 6.07) is 17.7. The molecule has 10 heteroatoms. The molecule has 3 heterocycles. The molecule has 3 aromatic heterocycles. The minimum atomic E-state index is -0.687. The number of anilines is 1. The third-order valence-electron chi connectivity index (χ3n) is 6.06. The first-order valence-electron chi connectivity index (χ1n) is 10.9. The van der Waals surface area contributed by atoms with Gasteiger partial charge in [-0.25, -0.2) is 9.36 Å². The van der Waals surface area contributed by atoms with E-state index in [-0.39, 0.29) is 11.2 Å². The van der Waals surface area contributed by atoms with Crippen LogP contribution in [0.5, 0.6) is 0 Å². The fourth-order valence-electron chi connectivity index (χ4n) is 4.20. The van der Waals surface area contributed by atoms with Gasteiger partial charge in [0.05, 0.1) is 12.8 Å². The van der Waals surface area contributed by atoms with E-state index < -0.39 is 23.8 Å². The van der Waals surface area contributed by atoms with E-state index in [0.29, 0.717) is 5.78 Å². The Bertz CT molecular complexity index is 1690. The van der Waals surface area contributed by atoms with Gasteiger partial charge in [-0.15, -0.1) is 0 Å². The first-order chi connectivity index (χ1) is 16.8. The van der Waals surface area contributed by atoms with Crippen LogP contribution in [-0.4, -0.2) is 50.3 Å². The van der Waals surface area contributed by atoms with Gasteiger partial charge in [0.1, 0.15) is 6.54 Å². The van der Waals surface area contributed by atoms with Gasteiger partial charge in [-0.05, 0) is 24.3 Å². The Balaban J connectivity index is 1.86. The number of aryl methyl sites for hydroxylation is 1.